The van der Waals surface area contributed by atoms with E-state index in [2.05, 4.69) is 94.5 Å². The second kappa shape index (κ2) is 37.8. The zero-order chi connectivity index (χ0) is 97.8. The molecule has 0 saturated carbocycles. The number of halogens is 3. The molecule has 14 aromatic heterocycles. The highest BCUT2D eigenvalue weighted by atomic mass is 127. The quantitative estimate of drug-likeness (QED) is 0.0370. The van der Waals surface area contributed by atoms with E-state index in [4.69, 9.17) is 37.9 Å². The van der Waals surface area contributed by atoms with Crippen LogP contribution in [0, 0.1) is 68.7 Å². The van der Waals surface area contributed by atoms with Crippen molar-refractivity contribution in [2.45, 2.75) is 101 Å². The third kappa shape index (κ3) is 17.4. The molecule has 0 saturated heterocycles. The van der Waals surface area contributed by atoms with Gasteiger partial charge in [0.2, 0.25) is 0 Å². The molecule has 0 aliphatic carbocycles. The maximum Gasteiger partial charge on any atom is 0.264 e. The van der Waals surface area contributed by atoms with Gasteiger partial charge in [0.1, 0.15) is 92.9 Å². The maximum atomic E-state index is 13.9. The summed E-state index contributed by atoms with van der Waals surface area (Å²) in [5.41, 5.74) is 36.9. The van der Waals surface area contributed by atoms with Gasteiger partial charge in [-0.3, -0.25) is 32.9 Å². The molecule has 21 aromatic rings. The number of hydrogen-bond acceptors (Lipinski definition) is 26. The van der Waals surface area contributed by atoms with Crippen molar-refractivity contribution in [3.63, 3.8) is 0 Å². The summed E-state index contributed by atoms with van der Waals surface area (Å²) in [6.45, 7) is 17.9. The van der Waals surface area contributed by atoms with E-state index >= 15 is 0 Å². The minimum Gasteiger partial charge on any atom is -0.505 e. The third-order valence-electron chi connectivity index (χ3n) is 23.9. The lowest BCUT2D eigenvalue weighted by Gasteiger charge is -2.18. The van der Waals surface area contributed by atoms with E-state index in [-0.39, 0.29) is 65.4 Å². The lowest BCUT2D eigenvalue weighted by molar-refractivity contribution is 0.253. The number of aliphatic hydroxyl groups is 1. The van der Waals surface area contributed by atoms with E-state index < -0.39 is 29.2 Å². The van der Waals surface area contributed by atoms with E-state index in [0.717, 1.165) is 78.4 Å². The lowest BCUT2D eigenvalue weighted by atomic mass is 10.1. The number of fused-ring (bicyclic) bond motifs is 8. The number of pyridine rings is 6. The lowest BCUT2D eigenvalue weighted by Crippen LogP contribution is -2.27. The number of rotatable bonds is 15. The van der Waals surface area contributed by atoms with Gasteiger partial charge in [0.05, 0.1) is 93.5 Å². The summed E-state index contributed by atoms with van der Waals surface area (Å²) < 4.78 is 47.1. The molecule has 139 heavy (non-hydrogen) atoms. The molecular weight excluding hydrogens is 1880 g/mol. The van der Waals surface area contributed by atoms with Crippen LogP contribution in [0.1, 0.15) is 88.7 Å². The van der Waals surface area contributed by atoms with Gasteiger partial charge in [-0.15, -0.1) is 0 Å². The number of hydrogen-bond donors (Lipinski definition) is 7. The molecule has 0 amide bonds. The molecule has 694 valence electrons. The van der Waals surface area contributed by atoms with Gasteiger partial charge in [-0.25, -0.2) is 77.3 Å². The average molecular weight is 1970 g/mol. The van der Waals surface area contributed by atoms with E-state index in [9.17, 15) is 43.3 Å². The van der Waals surface area contributed by atoms with Crippen molar-refractivity contribution in [3.8, 4) is 68.9 Å². The van der Waals surface area contributed by atoms with Crippen LogP contribution in [0.15, 0.2) is 239 Å². The van der Waals surface area contributed by atoms with Gasteiger partial charge in [0, 0.05) is 41.0 Å². The highest BCUT2D eigenvalue weighted by Gasteiger charge is 2.28. The predicted octanol–water partition coefficient (Wildman–Crippen LogP) is 14.6. The van der Waals surface area contributed by atoms with Gasteiger partial charge < -0.3 is 47.6 Å². The summed E-state index contributed by atoms with van der Waals surface area (Å²) in [4.78, 5) is 97.9. The predicted molar refractivity (Wildman–Crippen MR) is 539 cm³/mol. The first-order chi connectivity index (χ1) is 66.9. The Labute approximate surface area is 802 Å². The van der Waals surface area contributed by atoms with Crippen LogP contribution in [-0.4, -0.2) is 136 Å². The van der Waals surface area contributed by atoms with Crippen molar-refractivity contribution in [2.24, 2.45) is 0 Å². The minimum atomic E-state index is -0.831. The second-order valence-corrected chi connectivity index (χ2v) is 34.4. The van der Waals surface area contributed by atoms with E-state index in [1.165, 1.54) is 49.6 Å². The van der Waals surface area contributed by atoms with Crippen LogP contribution < -0.4 is 49.9 Å². The first-order valence-corrected chi connectivity index (χ1v) is 44.8. The molecule has 11 N–H and O–H groups in total. The molecule has 37 heteroatoms. The number of nitrogens with zero attached hydrogens (tertiary/aromatic N) is 22. The summed E-state index contributed by atoms with van der Waals surface area (Å²) in [5.74, 6) is 5.78. The SMILES string of the molecule is COc1ccccc1-n1c(Cn2nc(I)c3c(N)ncnc32)cc2cccc(C)c2c1=O.Cc1cccc2cc(Cn3nc(-c4ccc(F)c(O)c4)c4c(N)ncnc43)n(C(C)C)c(=O)c12.Cc1cccnc1-n1c(Cn2nc(-c3ccc(F)c(O)c3)c3c(N)ncnc32)cc2cccc(C)c2c1=O.Cc1cccnc1-n1c(Cn2nc(C#C[C@@H](C)O)c3c(N)ncnc32)cc2cccc(C)c2c1=O. The van der Waals surface area contributed by atoms with Crippen molar-refractivity contribution in [1.82, 2.24) is 107 Å². The van der Waals surface area contributed by atoms with Crippen molar-refractivity contribution in [1.29, 1.82) is 0 Å². The smallest absolute Gasteiger partial charge is 0.264 e. The fourth-order valence-corrected chi connectivity index (χ4v) is 18.3. The second-order valence-electron chi connectivity index (χ2n) is 33.4. The average Bonchev–Trinajstić information content (AvgIpc) is 1.05. The number of aryl methyl sites for hydroxylation is 6. The number of para-hydroxylation sites is 2. The van der Waals surface area contributed by atoms with Crippen LogP contribution in [0.5, 0.6) is 17.2 Å². The third-order valence-corrected chi connectivity index (χ3v) is 24.6. The summed E-state index contributed by atoms with van der Waals surface area (Å²) in [5, 5.41) is 56.3. The minimum absolute atomic E-state index is 0.0603. The zero-order valence-corrected chi connectivity index (χ0v) is 78.6. The maximum absolute atomic E-state index is 13.9. The molecule has 0 bridgehead atoms. The number of aromatic nitrogens is 22. The Morgan fingerprint density at radius 2 is 0.763 bits per heavy atom. The number of phenolic OH excluding ortho intramolecular Hbond substituents is 2. The molecule has 0 radical (unpaired) electrons. The van der Waals surface area contributed by atoms with Crippen molar-refractivity contribution in [3.05, 3.63) is 338 Å². The topological polar surface area (TPSA) is 462 Å². The highest BCUT2D eigenvalue weighted by molar-refractivity contribution is 14.1. The Balaban J connectivity index is 0.000000123. The summed E-state index contributed by atoms with van der Waals surface area (Å²) in [6, 6.07) is 53.8. The molecule has 21 rings (SSSR count). The van der Waals surface area contributed by atoms with E-state index in [0.29, 0.717) is 144 Å². The number of nitrogens with two attached hydrogens (primary N) is 4. The fourth-order valence-electron chi connectivity index (χ4n) is 17.5. The molecule has 1 atom stereocenters. The number of methoxy groups -OCH3 is 1. The van der Waals surface area contributed by atoms with E-state index in [1.807, 2.05) is 201 Å². The zero-order valence-electron chi connectivity index (χ0n) is 76.4. The van der Waals surface area contributed by atoms with Gasteiger partial charge in [0.25, 0.3) is 22.2 Å². The van der Waals surface area contributed by atoms with Crippen molar-refractivity contribution in [2.75, 3.05) is 30.0 Å². The molecule has 0 aliphatic rings. The van der Waals surface area contributed by atoms with Gasteiger partial charge in [-0.05, 0) is 231 Å². The molecule has 0 unspecified atom stereocenters. The van der Waals surface area contributed by atoms with Crippen molar-refractivity contribution >= 4 is 133 Å². The standard InChI is InChI=1S/C28H22FN7O2.C26H23N7O2.C25H23FN6O2.C23H19IN6O2/c1-15-5-3-7-17-11-19(36(28(38)22(15)17)26-16(2)6-4-10-31-26)13-35-27-23(25(30)32-14-33-27)24(34-35)18-8-9-20(29)21(37)12-18;1-15-6-4-8-18-12-19(33(26(35)21(15)18)24-16(2)7-5-11-28-24)13-32-25-22(23(27)29-14-30-25)20(31-32)10-9-17(3)34;1-13(2)32-17(9-15-6-4-5-14(3)20(15)25(32)34)11-31-24-21(23(27)28-12-29-24)22(30-31)16-7-8-18(26)19(33)10-16;1-13-6-5-7-14-10-15(11-29-22-19(20(24)28-29)21(25)26-12-27-22)30(23(31)18(13)14)16-8-3-4-9-17(16)32-2/h3-12,14,37H,13H2,1-2H3,(H2,30,32,33);4-8,11-12,14,17,34H,13H2,1-3H3,(H2,27,29,30);4-10,12-13,33H,11H2,1-3H3,(H2,27,28,29);3-10,12H,11H2,1-2H3,(H2,25,26,27)/t;17-;;/m.1../s1. The molecule has 0 spiro atoms. The van der Waals surface area contributed by atoms with Crippen LogP contribution in [-0.2, 0) is 26.2 Å². The van der Waals surface area contributed by atoms with Crippen molar-refractivity contribution < 1.29 is 28.8 Å². The number of nitrogen functional groups attached to an aromatic ring is 4. The molecule has 7 aromatic carbocycles. The van der Waals surface area contributed by atoms with Crippen LogP contribution in [0.3, 0.4) is 0 Å². The molecule has 0 fully saturated rings. The fraction of sp³-hybridized carbons (Fsp3) is 0.157. The van der Waals surface area contributed by atoms with Gasteiger partial charge >= 0.3 is 0 Å². The Bertz CT molecular complexity index is 8900. The number of anilines is 4. The molecule has 0 aliphatic heterocycles. The number of aliphatic hydroxyl groups excluding tert-OH is 1. The molecule has 34 nitrogen and oxygen atoms in total. The Morgan fingerprint density at radius 1 is 0.396 bits per heavy atom. The first-order valence-electron chi connectivity index (χ1n) is 43.7. The van der Waals surface area contributed by atoms with Crippen LogP contribution >= 0.6 is 22.6 Å². The highest BCUT2D eigenvalue weighted by Crippen LogP contribution is 2.38. The van der Waals surface area contributed by atoms with Crippen LogP contribution in [0.25, 0.3) is 127 Å². The summed E-state index contributed by atoms with van der Waals surface area (Å²) in [7, 11) is 1.60. The van der Waals surface area contributed by atoms with Gasteiger partial charge in [-0.1, -0.05) is 103 Å². The largest absolute Gasteiger partial charge is 0.505 e. The Morgan fingerprint density at radius 3 is 1.19 bits per heavy atom. The van der Waals surface area contributed by atoms with E-state index in [1.54, 1.807) is 63.4 Å². The number of aromatic hydroxyl groups is 2. The Hall–Kier alpha value is -17.4. The summed E-state index contributed by atoms with van der Waals surface area (Å²) in [6.07, 6.45) is 7.95. The number of ether oxygens (including phenoxy) is 1. The van der Waals surface area contributed by atoms with Crippen LogP contribution in [0.4, 0.5) is 32.1 Å². The first kappa shape index (κ1) is 92.1. The Kier molecular flexibility index (Phi) is 25.0. The van der Waals surface area contributed by atoms with Crippen LogP contribution in [0.2, 0.25) is 0 Å². The monoisotopic (exact) mass is 1970 g/mol. The molecular formula is C102H87F2IN26O8. The number of benzene rings is 7. The van der Waals surface area contributed by atoms with Gasteiger partial charge in [-0.2, -0.15) is 20.4 Å². The van der Waals surface area contributed by atoms with Gasteiger partial charge in [0.15, 0.2) is 45.7 Å². The number of phenols is 2. The molecule has 14 heterocycles. The normalized spacial score (nSPS) is 11.6. The summed E-state index contributed by atoms with van der Waals surface area (Å²) >= 11 is 2.12.